The van der Waals surface area contributed by atoms with Crippen molar-refractivity contribution in [3.63, 3.8) is 0 Å². The lowest BCUT2D eigenvalue weighted by molar-refractivity contribution is -0.141. The summed E-state index contributed by atoms with van der Waals surface area (Å²) in [4.78, 5) is 53.4. The molecule has 2 atom stereocenters. The number of hydrogen-bond donors (Lipinski definition) is 1. The van der Waals surface area contributed by atoms with Crippen LogP contribution < -0.4 is 0 Å². The molecule has 10 rings (SSSR count). The van der Waals surface area contributed by atoms with E-state index in [1.54, 1.807) is 21.9 Å². The molecule has 0 fully saturated rings. The van der Waals surface area contributed by atoms with Crippen molar-refractivity contribution in [2.75, 3.05) is 20.2 Å². The summed E-state index contributed by atoms with van der Waals surface area (Å²) in [6.45, 7) is 11.6. The molecule has 2 amide bonds. The second kappa shape index (κ2) is 20.7. The van der Waals surface area contributed by atoms with Crippen molar-refractivity contribution in [1.29, 1.82) is 0 Å². The fraction of sp³-hybridized carbons (Fsp3) is 0.346. The number of nitrogens with zero attached hydrogens (tertiary/aromatic N) is 10. The zero-order chi connectivity index (χ0) is 48.3. The van der Waals surface area contributed by atoms with Gasteiger partial charge in [-0.15, -0.1) is 10.2 Å². The molecule has 2 aliphatic rings. The Kier molecular flexibility index (Phi) is 14.3. The van der Waals surface area contributed by atoms with Crippen LogP contribution in [-0.2, 0) is 53.3 Å². The molecule has 362 valence electrons. The first kappa shape index (κ1) is 48.4. The molecule has 4 aromatic carbocycles. The second-order valence-corrected chi connectivity index (χ2v) is 17.4. The molecule has 18 nitrogen and oxygen atoms in total. The number of methoxy groups -OCH3 is 1. The largest absolute Gasteiger partial charge is 0.481 e. The highest BCUT2D eigenvalue weighted by molar-refractivity contribution is 5.93. The molecular formula is C52H56N10O8. The average molecular weight is 949 g/mol. The van der Waals surface area contributed by atoms with Crippen LogP contribution in [0, 0.1) is 13.8 Å². The van der Waals surface area contributed by atoms with Crippen LogP contribution in [0.1, 0.15) is 123 Å². The number of carboxylic acids is 1. The zero-order valence-corrected chi connectivity index (χ0v) is 39.1. The predicted molar refractivity (Wildman–Crippen MR) is 258 cm³/mol. The Labute approximate surface area is 404 Å². The van der Waals surface area contributed by atoms with Gasteiger partial charge in [-0.05, 0) is 108 Å². The number of aryl methyl sites for hydroxylation is 4. The van der Waals surface area contributed by atoms with Crippen molar-refractivity contribution in [2.45, 2.75) is 98.8 Å². The van der Waals surface area contributed by atoms with E-state index in [0.717, 1.165) is 86.0 Å². The summed E-state index contributed by atoms with van der Waals surface area (Å²) in [5.74, 6) is -2.05. The van der Waals surface area contributed by atoms with Gasteiger partial charge in [0.25, 0.3) is 11.8 Å². The zero-order valence-electron chi connectivity index (χ0n) is 39.1. The number of benzene rings is 4. The number of fused-ring (bicyclic) bond motifs is 4. The SMILES string of the molecule is C.CCn1nnc2c(C)c(C(CC(=O)O)c3ccc4c(c3)CN(C(=O)c3ccon3)CC4)ccc21.CCn1nnc2c(C)c(C(CC(=O)OC)c3ccc4c(c3)CN(C(=O)c3ccon3)CC4)ccc21. The van der Waals surface area contributed by atoms with Crippen LogP contribution in [0.5, 0.6) is 0 Å². The number of aromatic nitrogens is 8. The normalized spacial score (nSPS) is 14.0. The molecule has 0 bridgehead atoms. The van der Waals surface area contributed by atoms with Crippen molar-refractivity contribution in [3.8, 4) is 0 Å². The Hall–Kier alpha value is -8.02. The van der Waals surface area contributed by atoms with Gasteiger partial charge < -0.3 is 28.7 Å². The summed E-state index contributed by atoms with van der Waals surface area (Å²) < 4.78 is 18.4. The molecule has 2 unspecified atom stereocenters. The van der Waals surface area contributed by atoms with E-state index in [2.05, 4.69) is 61.3 Å². The monoisotopic (exact) mass is 948 g/mol. The van der Waals surface area contributed by atoms with E-state index in [1.807, 2.05) is 67.4 Å². The standard InChI is InChI=1S/C26H27N5O4.C25H25N5O4.CH4/c1-4-31-23-8-7-20(16(2)25(23)27-29-31)21(14-24(32)34-3)18-6-5-17-9-11-30(15-19(17)13-18)26(33)22-10-12-35-28-22;1-3-30-22-7-6-19(15(2)24(22)26-28-30)20(13-23(31)32)17-5-4-16-8-10-29(14-18(16)12-17)25(33)21-9-11-34-27-21;/h5-8,10,12-13,21H,4,9,11,14-15H2,1-3H3;4-7,9,11-12,20H,3,8,10,13-14H2,1-2H3,(H,31,32);1H4. The van der Waals surface area contributed by atoms with Crippen molar-refractivity contribution >= 4 is 45.8 Å². The second-order valence-electron chi connectivity index (χ2n) is 17.4. The minimum Gasteiger partial charge on any atom is -0.481 e. The summed E-state index contributed by atoms with van der Waals surface area (Å²) in [5.41, 5.74) is 14.3. The third-order valence-corrected chi connectivity index (χ3v) is 13.5. The number of hydrogen-bond acceptors (Lipinski definition) is 13. The van der Waals surface area contributed by atoms with Crippen LogP contribution in [-0.4, -0.2) is 99.2 Å². The number of rotatable bonds is 12. The van der Waals surface area contributed by atoms with Crippen LogP contribution in [0.25, 0.3) is 22.1 Å². The molecule has 6 heterocycles. The van der Waals surface area contributed by atoms with Gasteiger partial charge in [-0.1, -0.05) is 76.7 Å². The quantitative estimate of drug-likeness (QED) is 0.116. The molecule has 2 aliphatic heterocycles. The van der Waals surface area contributed by atoms with E-state index in [0.29, 0.717) is 38.4 Å². The van der Waals surface area contributed by atoms with Crippen LogP contribution in [0.4, 0.5) is 0 Å². The number of esters is 1. The molecule has 18 heteroatoms. The van der Waals surface area contributed by atoms with Gasteiger partial charge in [0, 0.05) is 63.2 Å². The van der Waals surface area contributed by atoms with Gasteiger partial charge in [0.05, 0.1) is 31.0 Å². The number of ether oxygens (including phenoxy) is 1. The number of carbonyl (C=O) groups excluding carboxylic acids is 3. The topological polar surface area (TPSA) is 218 Å². The number of carbonyl (C=O) groups is 4. The highest BCUT2D eigenvalue weighted by Gasteiger charge is 2.29. The predicted octanol–water partition coefficient (Wildman–Crippen LogP) is 7.83. The Balaban J connectivity index is 0.000000186. The molecule has 8 aromatic rings. The molecule has 0 aliphatic carbocycles. The molecule has 0 saturated carbocycles. The summed E-state index contributed by atoms with van der Waals surface area (Å²) in [6.07, 6.45) is 4.43. The molecule has 70 heavy (non-hydrogen) atoms. The van der Waals surface area contributed by atoms with Crippen LogP contribution in [0.3, 0.4) is 0 Å². The molecule has 0 radical (unpaired) electrons. The lowest BCUT2D eigenvalue weighted by atomic mass is 9.83. The number of amides is 2. The summed E-state index contributed by atoms with van der Waals surface area (Å²) in [6, 6.07) is 23.6. The van der Waals surface area contributed by atoms with Gasteiger partial charge in [-0.2, -0.15) is 0 Å². The van der Waals surface area contributed by atoms with E-state index < -0.39 is 5.97 Å². The van der Waals surface area contributed by atoms with Crippen LogP contribution >= 0.6 is 0 Å². The molecule has 0 saturated heterocycles. The van der Waals surface area contributed by atoms with Gasteiger partial charge in [0.15, 0.2) is 11.4 Å². The molecular weight excluding hydrogens is 893 g/mol. The Morgan fingerprint density at radius 1 is 0.643 bits per heavy atom. The molecule has 0 spiro atoms. The lowest BCUT2D eigenvalue weighted by Gasteiger charge is -2.29. The van der Waals surface area contributed by atoms with Gasteiger partial charge >= 0.3 is 11.9 Å². The van der Waals surface area contributed by atoms with Gasteiger partial charge in [0.1, 0.15) is 23.6 Å². The van der Waals surface area contributed by atoms with Crippen LogP contribution in [0.2, 0.25) is 0 Å². The van der Waals surface area contributed by atoms with E-state index >= 15 is 0 Å². The lowest BCUT2D eigenvalue weighted by Crippen LogP contribution is -2.36. The van der Waals surface area contributed by atoms with E-state index in [1.165, 1.54) is 30.8 Å². The van der Waals surface area contributed by atoms with Crippen molar-refractivity contribution < 1.29 is 38.1 Å². The number of carboxylic acid groups (broad SMARTS) is 1. The van der Waals surface area contributed by atoms with E-state index in [-0.39, 0.29) is 55.6 Å². The highest BCUT2D eigenvalue weighted by atomic mass is 16.5. The minimum absolute atomic E-state index is 0. The first-order valence-electron chi connectivity index (χ1n) is 23.0. The fourth-order valence-corrected chi connectivity index (χ4v) is 9.73. The fourth-order valence-electron chi connectivity index (χ4n) is 9.73. The van der Waals surface area contributed by atoms with Crippen molar-refractivity contribution in [3.05, 3.63) is 152 Å². The van der Waals surface area contributed by atoms with Crippen molar-refractivity contribution in [1.82, 2.24) is 50.1 Å². The third kappa shape index (κ3) is 9.53. The maximum Gasteiger partial charge on any atom is 0.306 e. The Morgan fingerprint density at radius 3 is 1.50 bits per heavy atom. The van der Waals surface area contributed by atoms with Crippen molar-refractivity contribution in [2.24, 2.45) is 0 Å². The summed E-state index contributed by atoms with van der Waals surface area (Å²) in [5, 5.41) is 34.5. The van der Waals surface area contributed by atoms with Gasteiger partial charge in [-0.3, -0.25) is 19.2 Å². The molecule has 4 aromatic heterocycles. The maximum absolute atomic E-state index is 12.8. The third-order valence-electron chi connectivity index (χ3n) is 13.5. The summed E-state index contributed by atoms with van der Waals surface area (Å²) >= 11 is 0. The van der Waals surface area contributed by atoms with Gasteiger partial charge in [-0.25, -0.2) is 9.36 Å². The average Bonchev–Trinajstić information content (AvgIpc) is 4.23. The van der Waals surface area contributed by atoms with E-state index in [4.69, 9.17) is 13.8 Å². The molecule has 1 N–H and O–H groups in total. The first-order valence-corrected chi connectivity index (χ1v) is 23.0. The van der Waals surface area contributed by atoms with E-state index in [9.17, 15) is 24.3 Å². The van der Waals surface area contributed by atoms with Crippen LogP contribution in [0.15, 0.2) is 94.4 Å². The first-order chi connectivity index (χ1) is 33.5. The maximum atomic E-state index is 12.8. The minimum atomic E-state index is -0.873. The smallest absolute Gasteiger partial charge is 0.306 e. The summed E-state index contributed by atoms with van der Waals surface area (Å²) in [7, 11) is 1.41. The Morgan fingerprint density at radius 2 is 1.10 bits per heavy atom. The Bertz CT molecular complexity index is 3190. The number of aliphatic carboxylic acids is 1. The van der Waals surface area contributed by atoms with Gasteiger partial charge in [0.2, 0.25) is 0 Å². The highest BCUT2D eigenvalue weighted by Crippen LogP contribution is 2.37.